The van der Waals surface area contributed by atoms with Gasteiger partial charge in [-0.15, -0.1) is 0 Å². The Morgan fingerprint density at radius 2 is 2.17 bits per heavy atom. The van der Waals surface area contributed by atoms with Crippen molar-refractivity contribution in [1.29, 1.82) is 0 Å². The van der Waals surface area contributed by atoms with Gasteiger partial charge in [0.15, 0.2) is 11.8 Å². The molecule has 0 unspecified atom stereocenters. The molecule has 100 valence electrons. The summed E-state index contributed by atoms with van der Waals surface area (Å²) in [5.41, 5.74) is 5.87. The second-order valence-corrected chi connectivity index (χ2v) is 5.87. The molecule has 6 heteroatoms. The minimum atomic E-state index is -0.0468. The summed E-state index contributed by atoms with van der Waals surface area (Å²) in [6.07, 6.45) is 2.42. The molecule has 1 saturated carbocycles. The minimum absolute atomic E-state index is 0.0468. The van der Waals surface area contributed by atoms with E-state index in [0.29, 0.717) is 18.5 Å². The van der Waals surface area contributed by atoms with Crippen LogP contribution in [0.15, 0.2) is 4.99 Å². The summed E-state index contributed by atoms with van der Waals surface area (Å²) >= 11 is 0. The molecule has 0 saturated heterocycles. The van der Waals surface area contributed by atoms with E-state index in [0.717, 1.165) is 11.6 Å². The number of aromatic amines is 1. The first-order chi connectivity index (χ1) is 8.38. The average molecular weight is 250 g/mol. The van der Waals surface area contributed by atoms with Gasteiger partial charge in [-0.3, -0.25) is 5.10 Å². The van der Waals surface area contributed by atoms with E-state index in [2.05, 4.69) is 40.9 Å². The van der Waals surface area contributed by atoms with Crippen LogP contribution in [0.3, 0.4) is 0 Å². The van der Waals surface area contributed by atoms with Crippen molar-refractivity contribution in [3.63, 3.8) is 0 Å². The van der Waals surface area contributed by atoms with Crippen LogP contribution in [0, 0.1) is 0 Å². The summed E-state index contributed by atoms with van der Waals surface area (Å²) in [5.74, 6) is 2.14. The van der Waals surface area contributed by atoms with Crippen LogP contribution in [-0.2, 0) is 12.0 Å². The highest BCUT2D eigenvalue weighted by Crippen LogP contribution is 2.24. The average Bonchev–Trinajstić information content (AvgIpc) is 3.02. The molecule has 0 amide bonds. The SMILES string of the molecule is CN(C(N)=NCc1nc(C(C)(C)C)n[nH]1)C1CC1. The van der Waals surface area contributed by atoms with Gasteiger partial charge in [0.05, 0.1) is 0 Å². The number of hydrogen-bond acceptors (Lipinski definition) is 3. The van der Waals surface area contributed by atoms with Gasteiger partial charge in [-0.1, -0.05) is 20.8 Å². The Kier molecular flexibility index (Phi) is 3.28. The number of aromatic nitrogens is 3. The molecule has 18 heavy (non-hydrogen) atoms. The normalized spacial score (nSPS) is 17.0. The summed E-state index contributed by atoms with van der Waals surface area (Å²) in [4.78, 5) is 10.8. The number of aliphatic imine (C=N–C) groups is 1. The lowest BCUT2D eigenvalue weighted by Crippen LogP contribution is -2.35. The molecule has 1 aromatic rings. The van der Waals surface area contributed by atoms with Gasteiger partial charge in [0, 0.05) is 18.5 Å². The van der Waals surface area contributed by atoms with Crippen LogP contribution < -0.4 is 5.73 Å². The van der Waals surface area contributed by atoms with Gasteiger partial charge < -0.3 is 10.6 Å². The third-order valence-corrected chi connectivity index (χ3v) is 3.05. The Balaban J connectivity index is 1.97. The van der Waals surface area contributed by atoms with Crippen molar-refractivity contribution in [2.45, 2.75) is 51.6 Å². The Labute approximate surface area is 108 Å². The summed E-state index contributed by atoms with van der Waals surface area (Å²) in [6.45, 7) is 6.70. The zero-order chi connectivity index (χ0) is 13.3. The van der Waals surface area contributed by atoms with Crippen molar-refractivity contribution in [2.24, 2.45) is 10.7 Å². The van der Waals surface area contributed by atoms with Gasteiger partial charge in [0.1, 0.15) is 12.4 Å². The Hall–Kier alpha value is -1.59. The monoisotopic (exact) mass is 250 g/mol. The summed E-state index contributed by atoms with van der Waals surface area (Å²) in [7, 11) is 1.98. The highest BCUT2D eigenvalue weighted by molar-refractivity contribution is 5.78. The molecule has 0 aromatic carbocycles. The fourth-order valence-corrected chi connectivity index (χ4v) is 1.62. The van der Waals surface area contributed by atoms with Crippen LogP contribution in [0.25, 0.3) is 0 Å². The third kappa shape index (κ3) is 3.00. The van der Waals surface area contributed by atoms with E-state index in [-0.39, 0.29) is 5.41 Å². The molecule has 1 heterocycles. The molecular weight excluding hydrogens is 228 g/mol. The highest BCUT2D eigenvalue weighted by atomic mass is 15.3. The summed E-state index contributed by atoms with van der Waals surface area (Å²) in [6, 6.07) is 0.577. The van der Waals surface area contributed by atoms with Crippen LogP contribution in [0.5, 0.6) is 0 Å². The number of H-pyrrole nitrogens is 1. The largest absolute Gasteiger partial charge is 0.370 e. The number of rotatable bonds is 3. The molecule has 1 aliphatic carbocycles. The first kappa shape index (κ1) is 12.9. The second kappa shape index (κ2) is 4.59. The fraction of sp³-hybridized carbons (Fsp3) is 0.750. The maximum Gasteiger partial charge on any atom is 0.191 e. The molecular formula is C12H22N6. The van der Waals surface area contributed by atoms with Crippen molar-refractivity contribution in [2.75, 3.05) is 7.05 Å². The Bertz CT molecular complexity index is 438. The van der Waals surface area contributed by atoms with E-state index in [9.17, 15) is 0 Å². The molecule has 0 spiro atoms. The molecule has 0 aliphatic heterocycles. The maximum absolute atomic E-state index is 5.91. The summed E-state index contributed by atoms with van der Waals surface area (Å²) in [5, 5.41) is 7.11. The number of nitrogens with two attached hydrogens (primary N) is 1. The van der Waals surface area contributed by atoms with Crippen molar-refractivity contribution >= 4 is 5.96 Å². The molecule has 0 atom stereocenters. The van der Waals surface area contributed by atoms with Crippen molar-refractivity contribution < 1.29 is 0 Å². The van der Waals surface area contributed by atoms with E-state index in [4.69, 9.17) is 5.73 Å². The molecule has 1 fully saturated rings. The molecule has 6 nitrogen and oxygen atoms in total. The van der Waals surface area contributed by atoms with Gasteiger partial charge in [0.25, 0.3) is 0 Å². The lowest BCUT2D eigenvalue weighted by molar-refractivity contribution is 0.487. The van der Waals surface area contributed by atoms with Crippen LogP contribution in [0.1, 0.15) is 45.3 Å². The van der Waals surface area contributed by atoms with E-state index >= 15 is 0 Å². The standard InChI is InChI=1S/C12H22N6/c1-12(2,3)10-15-9(16-17-10)7-14-11(13)18(4)8-5-6-8/h8H,5-7H2,1-4H3,(H2,13,14)(H,15,16,17). The van der Waals surface area contributed by atoms with Crippen molar-refractivity contribution in [3.05, 3.63) is 11.6 Å². The first-order valence-corrected chi connectivity index (χ1v) is 6.32. The lowest BCUT2D eigenvalue weighted by atomic mass is 9.96. The quantitative estimate of drug-likeness (QED) is 0.619. The maximum atomic E-state index is 5.91. The predicted molar refractivity (Wildman–Crippen MR) is 71.2 cm³/mol. The molecule has 0 bridgehead atoms. The van der Waals surface area contributed by atoms with Crippen molar-refractivity contribution in [3.8, 4) is 0 Å². The zero-order valence-corrected chi connectivity index (χ0v) is 11.6. The van der Waals surface area contributed by atoms with E-state index in [1.165, 1.54) is 12.8 Å². The third-order valence-electron chi connectivity index (χ3n) is 3.05. The van der Waals surface area contributed by atoms with Gasteiger partial charge >= 0.3 is 0 Å². The molecule has 0 radical (unpaired) electrons. The Morgan fingerprint density at radius 1 is 1.50 bits per heavy atom. The summed E-state index contributed by atoms with van der Waals surface area (Å²) < 4.78 is 0. The zero-order valence-electron chi connectivity index (χ0n) is 11.6. The van der Waals surface area contributed by atoms with Crippen LogP contribution in [-0.4, -0.2) is 39.1 Å². The molecule has 1 aromatic heterocycles. The number of nitrogens with one attached hydrogen (secondary N) is 1. The van der Waals surface area contributed by atoms with Gasteiger partial charge in [-0.05, 0) is 12.8 Å². The number of nitrogens with zero attached hydrogens (tertiary/aromatic N) is 4. The smallest absolute Gasteiger partial charge is 0.191 e. The van der Waals surface area contributed by atoms with Crippen LogP contribution >= 0.6 is 0 Å². The molecule has 3 N–H and O–H groups in total. The van der Waals surface area contributed by atoms with E-state index in [1.807, 2.05) is 11.9 Å². The van der Waals surface area contributed by atoms with Gasteiger partial charge in [-0.25, -0.2) is 9.98 Å². The van der Waals surface area contributed by atoms with Crippen LogP contribution in [0.4, 0.5) is 0 Å². The predicted octanol–water partition coefficient (Wildman–Crippen LogP) is 1.01. The minimum Gasteiger partial charge on any atom is -0.370 e. The number of hydrogen-bond donors (Lipinski definition) is 2. The topological polar surface area (TPSA) is 83.2 Å². The number of guanidine groups is 1. The lowest BCUT2D eigenvalue weighted by Gasteiger charge is -2.16. The fourth-order valence-electron chi connectivity index (χ4n) is 1.62. The van der Waals surface area contributed by atoms with Crippen molar-refractivity contribution in [1.82, 2.24) is 20.1 Å². The highest BCUT2D eigenvalue weighted by Gasteiger charge is 2.27. The first-order valence-electron chi connectivity index (χ1n) is 6.32. The van der Waals surface area contributed by atoms with Crippen LogP contribution in [0.2, 0.25) is 0 Å². The molecule has 1 aliphatic rings. The molecule has 2 rings (SSSR count). The van der Waals surface area contributed by atoms with E-state index in [1.54, 1.807) is 0 Å². The van der Waals surface area contributed by atoms with Gasteiger partial charge in [-0.2, -0.15) is 5.10 Å². The van der Waals surface area contributed by atoms with E-state index < -0.39 is 0 Å². The second-order valence-electron chi connectivity index (χ2n) is 5.87. The Morgan fingerprint density at radius 3 is 2.67 bits per heavy atom. The van der Waals surface area contributed by atoms with Gasteiger partial charge in [0.2, 0.25) is 0 Å².